The standard InChI is InChI=1S/C13H23NO3S/c1-2-17-13(16)10-18-9-12(15)14-8-11-6-4-3-5-7-11/h11H,2-10H2,1H3,(H,14,15). The van der Waals surface area contributed by atoms with Crippen molar-refractivity contribution in [3.05, 3.63) is 0 Å². The van der Waals surface area contributed by atoms with Gasteiger partial charge in [-0.15, -0.1) is 11.8 Å². The molecule has 4 nitrogen and oxygen atoms in total. The van der Waals surface area contributed by atoms with Crippen molar-refractivity contribution in [3.8, 4) is 0 Å². The third-order valence-corrected chi connectivity index (χ3v) is 3.98. The minimum atomic E-state index is -0.248. The zero-order chi connectivity index (χ0) is 13.2. The smallest absolute Gasteiger partial charge is 0.315 e. The number of thioether (sulfide) groups is 1. The summed E-state index contributed by atoms with van der Waals surface area (Å²) < 4.78 is 4.79. The van der Waals surface area contributed by atoms with Gasteiger partial charge in [0.15, 0.2) is 0 Å². The van der Waals surface area contributed by atoms with E-state index in [0.29, 0.717) is 18.3 Å². The molecule has 0 aromatic heterocycles. The van der Waals surface area contributed by atoms with Gasteiger partial charge >= 0.3 is 5.97 Å². The Morgan fingerprint density at radius 2 is 1.94 bits per heavy atom. The van der Waals surface area contributed by atoms with Gasteiger partial charge in [0.2, 0.25) is 5.91 Å². The second kappa shape index (κ2) is 9.25. The van der Waals surface area contributed by atoms with Crippen molar-refractivity contribution >= 4 is 23.6 Å². The zero-order valence-electron chi connectivity index (χ0n) is 11.1. The highest BCUT2D eigenvalue weighted by molar-refractivity contribution is 8.00. The first-order chi connectivity index (χ1) is 8.72. The maximum Gasteiger partial charge on any atom is 0.315 e. The SMILES string of the molecule is CCOC(=O)CSCC(=O)NCC1CCCCC1. The summed E-state index contributed by atoms with van der Waals surface area (Å²) in [5.74, 6) is 1.02. The average molecular weight is 273 g/mol. The molecule has 0 bridgehead atoms. The van der Waals surface area contributed by atoms with Crippen LogP contribution in [-0.2, 0) is 14.3 Å². The fourth-order valence-corrected chi connectivity index (χ4v) is 2.77. The summed E-state index contributed by atoms with van der Waals surface area (Å²) in [6.07, 6.45) is 6.38. The Morgan fingerprint density at radius 3 is 2.61 bits per heavy atom. The topological polar surface area (TPSA) is 55.4 Å². The van der Waals surface area contributed by atoms with Crippen LogP contribution in [0.1, 0.15) is 39.0 Å². The molecule has 104 valence electrons. The number of rotatable bonds is 7. The number of hydrogen-bond acceptors (Lipinski definition) is 4. The maximum atomic E-state index is 11.5. The second-order valence-electron chi connectivity index (χ2n) is 4.61. The Balaban J connectivity index is 2.01. The lowest BCUT2D eigenvalue weighted by Gasteiger charge is -2.21. The molecule has 0 aliphatic heterocycles. The number of carbonyl (C=O) groups excluding carboxylic acids is 2. The van der Waals surface area contributed by atoms with Crippen molar-refractivity contribution in [2.24, 2.45) is 5.92 Å². The predicted octanol–water partition coefficient (Wildman–Crippen LogP) is 1.98. The number of amides is 1. The number of ether oxygens (including phenoxy) is 1. The molecule has 0 unspecified atom stereocenters. The Bertz CT molecular complexity index is 265. The van der Waals surface area contributed by atoms with Crippen LogP contribution in [0.15, 0.2) is 0 Å². The molecular weight excluding hydrogens is 250 g/mol. The lowest BCUT2D eigenvalue weighted by Crippen LogP contribution is -2.31. The predicted molar refractivity (Wildman–Crippen MR) is 73.5 cm³/mol. The minimum Gasteiger partial charge on any atom is -0.465 e. The highest BCUT2D eigenvalue weighted by Gasteiger charge is 2.14. The van der Waals surface area contributed by atoms with Gasteiger partial charge in [-0.1, -0.05) is 19.3 Å². The van der Waals surface area contributed by atoms with Crippen LogP contribution >= 0.6 is 11.8 Å². The second-order valence-corrected chi connectivity index (χ2v) is 5.59. The van der Waals surface area contributed by atoms with Gasteiger partial charge in [0.1, 0.15) is 0 Å². The van der Waals surface area contributed by atoms with Crippen LogP contribution in [0, 0.1) is 5.92 Å². The number of esters is 1. The lowest BCUT2D eigenvalue weighted by atomic mass is 9.89. The van der Waals surface area contributed by atoms with Gasteiger partial charge < -0.3 is 10.1 Å². The van der Waals surface area contributed by atoms with E-state index in [4.69, 9.17) is 4.74 Å². The van der Waals surface area contributed by atoms with Gasteiger partial charge in [-0.05, 0) is 25.7 Å². The molecule has 5 heteroatoms. The molecule has 1 amide bonds. The molecule has 0 aromatic rings. The van der Waals surface area contributed by atoms with E-state index in [0.717, 1.165) is 6.54 Å². The molecule has 0 aromatic carbocycles. The van der Waals surface area contributed by atoms with E-state index in [1.54, 1.807) is 6.92 Å². The number of hydrogen-bond donors (Lipinski definition) is 1. The Labute approximate surface area is 113 Å². The quantitative estimate of drug-likeness (QED) is 0.721. The van der Waals surface area contributed by atoms with Gasteiger partial charge in [-0.3, -0.25) is 9.59 Å². The lowest BCUT2D eigenvalue weighted by molar-refractivity contribution is -0.139. The summed E-state index contributed by atoms with van der Waals surface area (Å²) in [6.45, 7) is 2.96. The first-order valence-corrected chi connectivity index (χ1v) is 7.88. The third-order valence-electron chi connectivity index (χ3n) is 3.07. The molecule has 1 saturated carbocycles. The van der Waals surface area contributed by atoms with Gasteiger partial charge in [-0.25, -0.2) is 0 Å². The van der Waals surface area contributed by atoms with Crippen LogP contribution in [0.3, 0.4) is 0 Å². The Hall–Kier alpha value is -0.710. The van der Waals surface area contributed by atoms with E-state index in [1.807, 2.05) is 0 Å². The Morgan fingerprint density at radius 1 is 1.22 bits per heavy atom. The normalized spacial score (nSPS) is 16.3. The molecule has 1 aliphatic rings. The molecular formula is C13H23NO3S. The molecule has 18 heavy (non-hydrogen) atoms. The van der Waals surface area contributed by atoms with E-state index in [2.05, 4.69) is 5.32 Å². The van der Waals surface area contributed by atoms with Crippen LogP contribution in [0.2, 0.25) is 0 Å². The van der Waals surface area contributed by atoms with Crippen molar-refractivity contribution in [2.75, 3.05) is 24.7 Å². The fourth-order valence-electron chi connectivity index (χ4n) is 2.13. The first-order valence-electron chi connectivity index (χ1n) is 6.72. The summed E-state index contributed by atoms with van der Waals surface area (Å²) in [4.78, 5) is 22.6. The number of nitrogens with one attached hydrogen (secondary N) is 1. The van der Waals surface area contributed by atoms with Crippen molar-refractivity contribution < 1.29 is 14.3 Å². The van der Waals surface area contributed by atoms with Crippen LogP contribution in [0.4, 0.5) is 0 Å². The highest BCUT2D eigenvalue weighted by atomic mass is 32.2. The van der Waals surface area contributed by atoms with E-state index < -0.39 is 0 Å². The molecule has 0 spiro atoms. The molecule has 1 rings (SSSR count). The van der Waals surface area contributed by atoms with Crippen molar-refractivity contribution in [1.29, 1.82) is 0 Å². The minimum absolute atomic E-state index is 0.0230. The van der Waals surface area contributed by atoms with E-state index in [-0.39, 0.29) is 17.6 Å². The van der Waals surface area contributed by atoms with Gasteiger partial charge in [0.25, 0.3) is 0 Å². The van der Waals surface area contributed by atoms with Crippen molar-refractivity contribution in [3.63, 3.8) is 0 Å². The summed E-state index contributed by atoms with van der Waals surface area (Å²) in [6, 6.07) is 0. The highest BCUT2D eigenvalue weighted by Crippen LogP contribution is 2.22. The summed E-state index contributed by atoms with van der Waals surface area (Å²) in [7, 11) is 0. The molecule has 0 saturated heterocycles. The molecule has 1 N–H and O–H groups in total. The van der Waals surface area contributed by atoms with E-state index in [9.17, 15) is 9.59 Å². The summed E-state index contributed by atoms with van der Waals surface area (Å²) >= 11 is 1.31. The largest absolute Gasteiger partial charge is 0.465 e. The summed E-state index contributed by atoms with van der Waals surface area (Å²) in [5.41, 5.74) is 0. The van der Waals surface area contributed by atoms with Gasteiger partial charge in [0.05, 0.1) is 18.1 Å². The summed E-state index contributed by atoms with van der Waals surface area (Å²) in [5, 5.41) is 2.95. The zero-order valence-corrected chi connectivity index (χ0v) is 11.9. The molecule has 0 atom stereocenters. The van der Waals surface area contributed by atoms with Gasteiger partial charge in [-0.2, -0.15) is 0 Å². The fraction of sp³-hybridized carbons (Fsp3) is 0.846. The van der Waals surface area contributed by atoms with Crippen molar-refractivity contribution in [2.45, 2.75) is 39.0 Å². The van der Waals surface area contributed by atoms with Crippen LogP contribution in [0.25, 0.3) is 0 Å². The molecule has 1 fully saturated rings. The molecule has 0 radical (unpaired) electrons. The molecule has 1 aliphatic carbocycles. The monoisotopic (exact) mass is 273 g/mol. The van der Waals surface area contributed by atoms with Gasteiger partial charge in [0, 0.05) is 6.54 Å². The van der Waals surface area contributed by atoms with Crippen LogP contribution < -0.4 is 5.32 Å². The number of carbonyl (C=O) groups is 2. The Kier molecular flexibility index (Phi) is 7.89. The van der Waals surface area contributed by atoms with E-state index >= 15 is 0 Å². The average Bonchev–Trinajstić information content (AvgIpc) is 2.38. The first kappa shape index (κ1) is 15.3. The maximum absolute atomic E-state index is 11.5. The third kappa shape index (κ3) is 6.89. The van der Waals surface area contributed by atoms with Crippen LogP contribution in [-0.4, -0.2) is 36.5 Å². The van der Waals surface area contributed by atoms with Crippen LogP contribution in [0.5, 0.6) is 0 Å². The van der Waals surface area contributed by atoms with Crippen molar-refractivity contribution in [1.82, 2.24) is 5.32 Å². The van der Waals surface area contributed by atoms with E-state index in [1.165, 1.54) is 43.9 Å². The molecule has 0 heterocycles.